The maximum absolute atomic E-state index is 7.52. The van der Waals surface area contributed by atoms with Crippen LogP contribution in [0.25, 0.3) is 15.3 Å². The number of thioether (sulfide) groups is 1. The van der Waals surface area contributed by atoms with Crippen molar-refractivity contribution in [3.8, 4) is 0 Å². The molecule has 0 amide bonds. The van der Waals surface area contributed by atoms with Crippen LogP contribution in [0.5, 0.6) is 0 Å². The molecule has 3 heterocycles. The molecule has 2 aliphatic heterocycles. The molecular formula is C33H29ClN4OS. The normalized spacial score (nSPS) is 20.2. The Bertz CT molecular complexity index is 1600. The van der Waals surface area contributed by atoms with E-state index in [1.807, 2.05) is 38.1 Å². The molecule has 0 spiro atoms. The van der Waals surface area contributed by atoms with E-state index in [0.717, 1.165) is 47.6 Å². The first kappa shape index (κ1) is 27.6. The van der Waals surface area contributed by atoms with Crippen LogP contribution in [0, 0.1) is 13.1 Å². The molecule has 0 fully saturated rings. The van der Waals surface area contributed by atoms with Crippen molar-refractivity contribution in [3.05, 3.63) is 140 Å². The van der Waals surface area contributed by atoms with Crippen LogP contribution in [-0.2, 0) is 4.74 Å². The summed E-state index contributed by atoms with van der Waals surface area (Å²) >= 11 is 8.78. The Morgan fingerprint density at radius 3 is 2.60 bits per heavy atom. The number of rotatable bonds is 5. The van der Waals surface area contributed by atoms with E-state index in [1.165, 1.54) is 15.6 Å². The number of fused-ring (bicyclic) bond motifs is 1. The summed E-state index contributed by atoms with van der Waals surface area (Å²) in [5.41, 5.74) is 4.89. The molecule has 40 heavy (non-hydrogen) atoms. The fourth-order valence-electron chi connectivity index (χ4n) is 5.18. The van der Waals surface area contributed by atoms with Crippen molar-refractivity contribution in [1.29, 1.82) is 0 Å². The molecule has 0 radical (unpaired) electrons. The zero-order valence-corrected chi connectivity index (χ0v) is 24.3. The average molecular weight is 565 g/mol. The van der Waals surface area contributed by atoms with Gasteiger partial charge in [-0.15, -0.1) is 0 Å². The third-order valence-electron chi connectivity index (χ3n) is 7.13. The summed E-state index contributed by atoms with van der Waals surface area (Å²) in [5, 5.41) is 1.98. The predicted molar refractivity (Wildman–Crippen MR) is 164 cm³/mol. The van der Waals surface area contributed by atoms with E-state index in [9.17, 15) is 0 Å². The van der Waals surface area contributed by atoms with Crippen LogP contribution in [-0.4, -0.2) is 17.1 Å². The molecule has 2 aromatic rings. The van der Waals surface area contributed by atoms with Crippen molar-refractivity contribution in [2.45, 2.75) is 50.5 Å². The molecule has 0 atom stereocenters. The first-order valence-corrected chi connectivity index (χ1v) is 14.4. The standard InChI is InChI=1S/C33H29ClN4OS/c1-6-38-26-15-7-8-16-27(26)40-28(38)20-18-23-13-11-12-22(30(23)34)17-19-24-29(25-14-9-10-21-37-25)31(32(35-4)36-5)39-33(24,2)3/h7-10,14-21H,6,11-13H2,1-3H3/b19-17+,23-18+,28-20+. The highest BCUT2D eigenvalue weighted by Gasteiger charge is 2.42. The van der Waals surface area contributed by atoms with Crippen molar-refractivity contribution >= 4 is 34.6 Å². The lowest BCUT2D eigenvalue weighted by Crippen LogP contribution is -2.20. The first-order chi connectivity index (χ1) is 19.4. The second kappa shape index (κ2) is 11.6. The summed E-state index contributed by atoms with van der Waals surface area (Å²) in [6.45, 7) is 22.0. The van der Waals surface area contributed by atoms with Gasteiger partial charge >= 0.3 is 5.82 Å². The molecule has 1 aliphatic carbocycles. The van der Waals surface area contributed by atoms with Crippen molar-refractivity contribution in [1.82, 2.24) is 4.98 Å². The maximum atomic E-state index is 7.52. The van der Waals surface area contributed by atoms with E-state index in [0.29, 0.717) is 11.3 Å². The summed E-state index contributed by atoms with van der Waals surface area (Å²) in [4.78, 5) is 15.0. The third-order valence-corrected chi connectivity index (χ3v) is 8.74. The molecule has 1 aromatic carbocycles. The molecule has 7 heteroatoms. The van der Waals surface area contributed by atoms with Gasteiger partial charge in [-0.3, -0.25) is 4.98 Å². The van der Waals surface area contributed by atoms with Gasteiger partial charge in [-0.1, -0.05) is 59.8 Å². The van der Waals surface area contributed by atoms with Crippen LogP contribution in [0.4, 0.5) is 5.69 Å². The fourth-order valence-corrected chi connectivity index (χ4v) is 6.63. The van der Waals surface area contributed by atoms with Gasteiger partial charge in [0.05, 0.1) is 16.4 Å². The Hall–Kier alpha value is -3.97. The molecule has 200 valence electrons. The van der Waals surface area contributed by atoms with Crippen LogP contribution in [0.3, 0.4) is 0 Å². The topological polar surface area (TPSA) is 34.1 Å². The SMILES string of the molecule is [C-]#[N+]C([N+]#[C-])=C1OC(C)(C)C(/C=C/C2=C(Cl)C(=C/C=C3/Sc4ccccc4N3CC)/CCC2)=C1c1ccccn1. The molecule has 1 aromatic heterocycles. The molecule has 3 aliphatic rings. The van der Waals surface area contributed by atoms with E-state index in [4.69, 9.17) is 29.5 Å². The highest BCUT2D eigenvalue weighted by Crippen LogP contribution is 2.47. The van der Waals surface area contributed by atoms with Crippen LogP contribution in [0.15, 0.2) is 116 Å². The Balaban J connectivity index is 1.52. The minimum Gasteiger partial charge on any atom is -0.486 e. The summed E-state index contributed by atoms with van der Waals surface area (Å²) in [5.74, 6) is 0.179. The fraction of sp³-hybridized carbons (Fsp3) is 0.242. The highest BCUT2D eigenvalue weighted by atomic mass is 35.5. The molecule has 5 nitrogen and oxygen atoms in total. The Morgan fingerprint density at radius 1 is 1.10 bits per heavy atom. The largest absolute Gasteiger partial charge is 0.562 e. The van der Waals surface area contributed by atoms with Crippen molar-refractivity contribution in [2.24, 2.45) is 0 Å². The number of para-hydroxylation sites is 1. The van der Waals surface area contributed by atoms with Gasteiger partial charge in [-0.05, 0) is 81.5 Å². The monoisotopic (exact) mass is 564 g/mol. The summed E-state index contributed by atoms with van der Waals surface area (Å²) < 4.78 is 6.21. The van der Waals surface area contributed by atoms with Gasteiger partial charge in [-0.25, -0.2) is 0 Å². The number of aromatic nitrogens is 1. The van der Waals surface area contributed by atoms with Crippen LogP contribution in [0.2, 0.25) is 0 Å². The maximum Gasteiger partial charge on any atom is 0.562 e. The summed E-state index contributed by atoms with van der Waals surface area (Å²) in [7, 11) is 0. The molecule has 0 N–H and O–H groups in total. The Morgan fingerprint density at radius 2 is 1.88 bits per heavy atom. The number of halogens is 1. The summed E-state index contributed by atoms with van der Waals surface area (Å²) in [6, 6.07) is 14.1. The van der Waals surface area contributed by atoms with Crippen LogP contribution >= 0.6 is 23.4 Å². The Labute approximate surface area is 245 Å². The van der Waals surface area contributed by atoms with Gasteiger partial charge in [0.2, 0.25) is 5.76 Å². The minimum atomic E-state index is -0.748. The number of pyridine rings is 1. The van der Waals surface area contributed by atoms with E-state index in [2.05, 4.69) is 69.0 Å². The van der Waals surface area contributed by atoms with E-state index >= 15 is 0 Å². The first-order valence-electron chi connectivity index (χ1n) is 13.2. The number of ether oxygens (including phenoxy) is 1. The van der Waals surface area contributed by atoms with Gasteiger partial charge in [0, 0.05) is 33.8 Å². The van der Waals surface area contributed by atoms with Crippen molar-refractivity contribution < 1.29 is 4.74 Å². The van der Waals surface area contributed by atoms with Crippen molar-refractivity contribution in [3.63, 3.8) is 0 Å². The third kappa shape index (κ3) is 5.26. The van der Waals surface area contributed by atoms with Gasteiger partial charge in [0.1, 0.15) is 18.7 Å². The highest BCUT2D eigenvalue weighted by molar-refractivity contribution is 8.03. The number of benzene rings is 1. The quantitative estimate of drug-likeness (QED) is 0.339. The Kier molecular flexibility index (Phi) is 8.03. The van der Waals surface area contributed by atoms with Crippen LogP contribution < -0.4 is 4.90 Å². The second-order valence-corrected chi connectivity index (χ2v) is 11.5. The molecule has 5 rings (SSSR count). The molecule has 0 saturated carbocycles. The molecule has 0 saturated heterocycles. The lowest BCUT2D eigenvalue weighted by molar-refractivity contribution is 0.0962. The lowest BCUT2D eigenvalue weighted by Gasteiger charge is -2.21. The zero-order chi connectivity index (χ0) is 28.3. The molecule has 0 unspecified atom stereocenters. The molecular weight excluding hydrogens is 536 g/mol. The van der Waals surface area contributed by atoms with E-state index in [-0.39, 0.29) is 11.6 Å². The van der Waals surface area contributed by atoms with E-state index in [1.54, 1.807) is 18.0 Å². The van der Waals surface area contributed by atoms with Crippen LogP contribution in [0.1, 0.15) is 45.7 Å². The minimum absolute atomic E-state index is 0.0987. The van der Waals surface area contributed by atoms with Crippen molar-refractivity contribution in [2.75, 3.05) is 11.4 Å². The smallest absolute Gasteiger partial charge is 0.486 e. The number of anilines is 1. The number of hydrogen-bond acceptors (Lipinski definition) is 4. The number of allylic oxidation sites excluding steroid dienone is 7. The lowest BCUT2D eigenvalue weighted by atomic mass is 9.90. The number of hydrogen-bond donors (Lipinski definition) is 0. The average Bonchev–Trinajstić information content (AvgIpc) is 3.46. The number of nitrogens with zero attached hydrogens (tertiary/aromatic N) is 4. The van der Waals surface area contributed by atoms with E-state index < -0.39 is 5.60 Å². The zero-order valence-electron chi connectivity index (χ0n) is 22.7. The van der Waals surface area contributed by atoms with Gasteiger partial charge < -0.3 is 9.64 Å². The van der Waals surface area contributed by atoms with Gasteiger partial charge in [0.15, 0.2) is 0 Å². The van der Waals surface area contributed by atoms with Gasteiger partial charge in [0.25, 0.3) is 0 Å². The predicted octanol–water partition coefficient (Wildman–Crippen LogP) is 9.28. The summed E-state index contributed by atoms with van der Waals surface area (Å²) in [6.07, 6.45) is 12.9. The molecule has 0 bridgehead atoms. The van der Waals surface area contributed by atoms with Gasteiger partial charge in [-0.2, -0.15) is 9.69 Å². The second-order valence-electron chi connectivity index (χ2n) is 10.0.